The predicted octanol–water partition coefficient (Wildman–Crippen LogP) is 0.415. The van der Waals surface area contributed by atoms with Crippen LogP contribution in [0.15, 0.2) is 17.0 Å². The Labute approximate surface area is 64.5 Å². The van der Waals surface area contributed by atoms with Crippen LogP contribution in [-0.2, 0) is 0 Å². The molecule has 1 N–H and O–H groups in total. The van der Waals surface area contributed by atoms with Crippen LogP contribution in [0, 0.1) is 0 Å². The maximum Gasteiger partial charge on any atom is 0.179 e. The Morgan fingerprint density at radius 1 is 1.73 bits per heavy atom. The molecular formula is C7H10N2O2. The Hall–Kier alpha value is -1.03. The number of rotatable bonds is 2. The van der Waals surface area contributed by atoms with Crippen LogP contribution >= 0.6 is 0 Å². The lowest BCUT2D eigenvalue weighted by atomic mass is 10.3. The Balaban J connectivity index is 1.90. The maximum atomic E-state index is 5.50. The average molecular weight is 154 g/mol. The van der Waals surface area contributed by atoms with E-state index in [1.807, 2.05) is 0 Å². The van der Waals surface area contributed by atoms with Crippen molar-refractivity contribution in [3.8, 4) is 5.75 Å². The molecule has 2 rings (SSSR count). The third-order valence-corrected chi connectivity index (χ3v) is 1.73. The van der Waals surface area contributed by atoms with E-state index in [1.165, 1.54) is 6.26 Å². The van der Waals surface area contributed by atoms with Crippen LogP contribution in [0.5, 0.6) is 5.75 Å². The third kappa shape index (κ3) is 1.51. The fraction of sp³-hybridized carbons (Fsp3) is 0.571. The van der Waals surface area contributed by atoms with E-state index in [9.17, 15) is 0 Å². The molecule has 11 heavy (non-hydrogen) atoms. The van der Waals surface area contributed by atoms with Crippen LogP contribution in [-0.4, -0.2) is 24.4 Å². The lowest BCUT2D eigenvalue weighted by Crippen LogP contribution is -2.19. The quantitative estimate of drug-likeness (QED) is 0.670. The third-order valence-electron chi connectivity index (χ3n) is 1.73. The predicted molar refractivity (Wildman–Crippen MR) is 38.4 cm³/mol. The Kier molecular flexibility index (Phi) is 1.77. The first-order chi connectivity index (χ1) is 5.45. The molecule has 0 aromatic carbocycles. The highest BCUT2D eigenvalue weighted by Crippen LogP contribution is 2.12. The summed E-state index contributed by atoms with van der Waals surface area (Å²) >= 11 is 0. The van der Waals surface area contributed by atoms with Gasteiger partial charge in [-0.1, -0.05) is 5.16 Å². The van der Waals surface area contributed by atoms with Crippen molar-refractivity contribution in [2.75, 3.05) is 13.1 Å². The summed E-state index contributed by atoms with van der Waals surface area (Å²) in [7, 11) is 0. The van der Waals surface area contributed by atoms with Gasteiger partial charge in [-0.05, 0) is 13.0 Å². The molecule has 0 amide bonds. The zero-order valence-electron chi connectivity index (χ0n) is 6.12. The molecule has 1 atom stereocenters. The summed E-state index contributed by atoms with van der Waals surface area (Å²) < 4.78 is 10.1. The number of hydrogen-bond acceptors (Lipinski definition) is 4. The van der Waals surface area contributed by atoms with Crippen LogP contribution in [0.25, 0.3) is 0 Å². The summed E-state index contributed by atoms with van der Waals surface area (Å²) in [6, 6.07) is 0. The zero-order chi connectivity index (χ0) is 7.52. The highest BCUT2D eigenvalue weighted by atomic mass is 16.5. The smallest absolute Gasteiger partial charge is 0.179 e. The molecule has 1 aliphatic rings. The van der Waals surface area contributed by atoms with Gasteiger partial charge in [0, 0.05) is 6.54 Å². The van der Waals surface area contributed by atoms with Crippen LogP contribution < -0.4 is 10.1 Å². The molecule has 60 valence electrons. The van der Waals surface area contributed by atoms with Gasteiger partial charge in [-0.2, -0.15) is 0 Å². The van der Waals surface area contributed by atoms with E-state index in [1.54, 1.807) is 6.20 Å². The van der Waals surface area contributed by atoms with E-state index >= 15 is 0 Å². The summed E-state index contributed by atoms with van der Waals surface area (Å²) in [4.78, 5) is 0. The van der Waals surface area contributed by atoms with Gasteiger partial charge in [0.05, 0.1) is 0 Å². The molecule has 1 aromatic heterocycles. The molecule has 0 radical (unpaired) electrons. The number of hydrogen-bond donors (Lipinski definition) is 1. The van der Waals surface area contributed by atoms with E-state index in [2.05, 4.69) is 15.0 Å². The molecule has 0 bridgehead atoms. The highest BCUT2D eigenvalue weighted by Gasteiger charge is 2.16. The van der Waals surface area contributed by atoms with E-state index in [0.29, 0.717) is 0 Å². The average Bonchev–Trinajstić information content (AvgIpc) is 2.60. The normalized spacial score (nSPS) is 23.8. The molecule has 1 aromatic rings. The summed E-state index contributed by atoms with van der Waals surface area (Å²) in [5, 5.41) is 6.75. The molecule has 1 unspecified atom stereocenters. The molecule has 2 heterocycles. The molecule has 0 spiro atoms. The van der Waals surface area contributed by atoms with Gasteiger partial charge in [-0.25, -0.2) is 0 Å². The monoisotopic (exact) mass is 154 g/mol. The van der Waals surface area contributed by atoms with E-state index in [4.69, 9.17) is 4.74 Å². The SMILES string of the molecule is c1nocc1OC1CCNC1. The molecular weight excluding hydrogens is 144 g/mol. The maximum absolute atomic E-state index is 5.50. The van der Waals surface area contributed by atoms with Gasteiger partial charge in [0.25, 0.3) is 0 Å². The lowest BCUT2D eigenvalue weighted by Gasteiger charge is -2.08. The van der Waals surface area contributed by atoms with Crippen LogP contribution in [0.3, 0.4) is 0 Å². The van der Waals surface area contributed by atoms with Crippen molar-refractivity contribution in [3.05, 3.63) is 12.5 Å². The second kappa shape index (κ2) is 2.92. The highest BCUT2D eigenvalue weighted by molar-refractivity contribution is 5.09. The molecule has 1 saturated heterocycles. The Morgan fingerprint density at radius 3 is 3.36 bits per heavy atom. The molecule has 0 saturated carbocycles. The summed E-state index contributed by atoms with van der Waals surface area (Å²) in [6.07, 6.45) is 4.44. The molecule has 4 heteroatoms. The minimum Gasteiger partial charge on any atom is -0.484 e. The van der Waals surface area contributed by atoms with Crippen molar-refractivity contribution >= 4 is 0 Å². The number of aromatic nitrogens is 1. The number of nitrogens with zero attached hydrogens (tertiary/aromatic N) is 1. The molecule has 1 aliphatic heterocycles. The van der Waals surface area contributed by atoms with E-state index in [-0.39, 0.29) is 6.10 Å². The van der Waals surface area contributed by atoms with Gasteiger partial charge in [0.2, 0.25) is 0 Å². The van der Waals surface area contributed by atoms with Gasteiger partial charge in [0.15, 0.2) is 12.0 Å². The molecule has 1 fully saturated rings. The topological polar surface area (TPSA) is 47.3 Å². The van der Waals surface area contributed by atoms with Gasteiger partial charge in [-0.15, -0.1) is 0 Å². The standard InChI is InChI=1S/C7H10N2O2/c1-2-8-3-6(1)11-7-4-9-10-5-7/h4-6,8H,1-3H2. The first kappa shape index (κ1) is 6.67. The van der Waals surface area contributed by atoms with Crippen molar-refractivity contribution in [1.29, 1.82) is 0 Å². The van der Waals surface area contributed by atoms with Crippen molar-refractivity contribution in [2.45, 2.75) is 12.5 Å². The first-order valence-electron chi connectivity index (χ1n) is 3.72. The van der Waals surface area contributed by atoms with Crippen LogP contribution in [0.4, 0.5) is 0 Å². The summed E-state index contributed by atoms with van der Waals surface area (Å²) in [5.41, 5.74) is 0. The van der Waals surface area contributed by atoms with Gasteiger partial charge in [0.1, 0.15) is 12.3 Å². The molecule has 4 nitrogen and oxygen atoms in total. The van der Waals surface area contributed by atoms with E-state index in [0.717, 1.165) is 25.3 Å². The van der Waals surface area contributed by atoms with Crippen molar-refractivity contribution in [2.24, 2.45) is 0 Å². The fourth-order valence-electron chi connectivity index (χ4n) is 1.17. The number of ether oxygens (including phenoxy) is 1. The van der Waals surface area contributed by atoms with Crippen molar-refractivity contribution in [3.63, 3.8) is 0 Å². The van der Waals surface area contributed by atoms with Gasteiger partial charge in [-0.3, -0.25) is 0 Å². The Morgan fingerprint density at radius 2 is 2.73 bits per heavy atom. The minimum atomic E-state index is 0.286. The first-order valence-corrected chi connectivity index (χ1v) is 3.72. The summed E-state index contributed by atoms with van der Waals surface area (Å²) in [6.45, 7) is 1.96. The Bertz CT molecular complexity index is 204. The number of nitrogens with one attached hydrogen (secondary N) is 1. The second-order valence-electron chi connectivity index (χ2n) is 2.59. The molecule has 0 aliphatic carbocycles. The largest absolute Gasteiger partial charge is 0.484 e. The van der Waals surface area contributed by atoms with Gasteiger partial charge < -0.3 is 14.6 Å². The minimum absolute atomic E-state index is 0.286. The fourth-order valence-corrected chi connectivity index (χ4v) is 1.17. The van der Waals surface area contributed by atoms with Crippen molar-refractivity contribution in [1.82, 2.24) is 10.5 Å². The van der Waals surface area contributed by atoms with Gasteiger partial charge >= 0.3 is 0 Å². The lowest BCUT2D eigenvalue weighted by molar-refractivity contribution is 0.221. The van der Waals surface area contributed by atoms with Crippen LogP contribution in [0.2, 0.25) is 0 Å². The second-order valence-corrected chi connectivity index (χ2v) is 2.59. The zero-order valence-corrected chi connectivity index (χ0v) is 6.12. The van der Waals surface area contributed by atoms with Crippen LogP contribution in [0.1, 0.15) is 6.42 Å². The van der Waals surface area contributed by atoms with E-state index < -0.39 is 0 Å². The van der Waals surface area contributed by atoms with Crippen molar-refractivity contribution < 1.29 is 9.26 Å². The summed E-state index contributed by atoms with van der Waals surface area (Å²) in [5.74, 6) is 0.721.